The number of nitrogens with zero attached hydrogens (tertiary/aromatic N) is 1. The van der Waals surface area contributed by atoms with E-state index in [-0.39, 0.29) is 5.84 Å². The molecule has 0 radical (unpaired) electrons. The highest BCUT2D eigenvalue weighted by atomic mass is 32.2. The predicted octanol–water partition coefficient (Wildman–Crippen LogP) is 1.00. The lowest BCUT2D eigenvalue weighted by Crippen LogP contribution is -2.26. The number of hydrogen-bond donors (Lipinski definition) is 2. The molecule has 0 saturated heterocycles. The third kappa shape index (κ3) is 1.42. The second-order valence-corrected chi connectivity index (χ2v) is 6.41. The van der Waals surface area contributed by atoms with Gasteiger partial charge in [-0.05, 0) is 31.2 Å². The fourth-order valence-corrected chi connectivity index (χ4v) is 4.59. The zero-order chi connectivity index (χ0) is 11.3. The van der Waals surface area contributed by atoms with E-state index in [1.54, 1.807) is 0 Å². The van der Waals surface area contributed by atoms with E-state index >= 15 is 0 Å². The van der Waals surface area contributed by atoms with Gasteiger partial charge in [0.05, 0.1) is 5.56 Å². The molecule has 0 amide bonds. The highest BCUT2D eigenvalue weighted by Gasteiger charge is 2.29. The predicted molar refractivity (Wildman–Crippen MR) is 64.2 cm³/mol. The van der Waals surface area contributed by atoms with Crippen molar-refractivity contribution >= 4 is 32.4 Å². The lowest BCUT2D eigenvalue weighted by Gasteiger charge is -2.15. The van der Waals surface area contributed by atoms with Crippen LogP contribution in [0.3, 0.4) is 0 Å². The molecular weight excluding hydrogens is 246 g/mol. The van der Waals surface area contributed by atoms with E-state index in [4.69, 9.17) is 5.73 Å². The summed E-state index contributed by atoms with van der Waals surface area (Å²) in [6.45, 7) is 0. The summed E-state index contributed by atoms with van der Waals surface area (Å²) in [6, 6.07) is 0. The normalized spacial score (nSPS) is 21.6. The number of amidine groups is 1. The lowest BCUT2D eigenvalue weighted by atomic mass is 9.95. The van der Waals surface area contributed by atoms with Crippen molar-refractivity contribution in [3.8, 4) is 0 Å². The molecule has 1 aromatic heterocycles. The molecule has 0 saturated carbocycles. The van der Waals surface area contributed by atoms with Gasteiger partial charge in [-0.25, -0.2) is 0 Å². The highest BCUT2D eigenvalue weighted by Crippen LogP contribution is 2.39. The Kier molecular flexibility index (Phi) is 2.02. The van der Waals surface area contributed by atoms with Gasteiger partial charge in [0.2, 0.25) is 0 Å². The first kappa shape index (κ1) is 10.1. The van der Waals surface area contributed by atoms with Gasteiger partial charge in [-0.1, -0.05) is 0 Å². The highest BCUT2D eigenvalue weighted by molar-refractivity contribution is 7.92. The van der Waals surface area contributed by atoms with Crippen LogP contribution in [0.25, 0.3) is 0 Å². The van der Waals surface area contributed by atoms with Crippen molar-refractivity contribution in [3.63, 3.8) is 0 Å². The Balaban J connectivity index is 2.23. The van der Waals surface area contributed by atoms with Crippen LogP contribution in [0.4, 0.5) is 5.00 Å². The van der Waals surface area contributed by atoms with E-state index in [1.807, 2.05) is 0 Å². The molecule has 3 rings (SSSR count). The molecule has 2 heterocycles. The number of thiophene rings is 1. The molecule has 0 atom stereocenters. The Morgan fingerprint density at radius 2 is 2.06 bits per heavy atom. The largest absolute Gasteiger partial charge is 0.382 e. The number of hydrogen-bond acceptors (Lipinski definition) is 4. The SMILES string of the molecule is NC1=NS(=O)(=O)Nc2sc3c(c21)CCCC3. The van der Waals surface area contributed by atoms with Gasteiger partial charge in [0, 0.05) is 4.88 Å². The molecule has 1 aliphatic heterocycles. The molecule has 0 aromatic carbocycles. The molecule has 1 aliphatic carbocycles. The Morgan fingerprint density at radius 3 is 2.88 bits per heavy atom. The molecule has 0 bridgehead atoms. The molecule has 3 N–H and O–H groups in total. The van der Waals surface area contributed by atoms with Crippen LogP contribution in [0.5, 0.6) is 0 Å². The van der Waals surface area contributed by atoms with Gasteiger partial charge >= 0.3 is 10.2 Å². The summed E-state index contributed by atoms with van der Waals surface area (Å²) >= 11 is 1.49. The lowest BCUT2D eigenvalue weighted by molar-refractivity contribution is 0.603. The Morgan fingerprint density at radius 1 is 1.31 bits per heavy atom. The Labute approximate surface area is 97.6 Å². The van der Waals surface area contributed by atoms with Crippen LogP contribution in [0.15, 0.2) is 4.40 Å². The average Bonchev–Trinajstić information content (AvgIpc) is 2.52. The summed E-state index contributed by atoms with van der Waals surface area (Å²) in [7, 11) is -3.62. The summed E-state index contributed by atoms with van der Waals surface area (Å²) in [6.07, 6.45) is 4.29. The van der Waals surface area contributed by atoms with E-state index in [9.17, 15) is 8.42 Å². The second-order valence-electron chi connectivity index (χ2n) is 3.97. The number of nitrogens with one attached hydrogen (secondary N) is 1. The Hall–Kier alpha value is -1.08. The van der Waals surface area contributed by atoms with Crippen molar-refractivity contribution in [2.24, 2.45) is 10.1 Å². The minimum Gasteiger partial charge on any atom is -0.382 e. The van der Waals surface area contributed by atoms with E-state index in [2.05, 4.69) is 9.12 Å². The number of nitrogens with two attached hydrogens (primary N) is 1. The first-order valence-corrected chi connectivity index (χ1v) is 7.35. The third-order valence-corrected chi connectivity index (χ3v) is 5.10. The first-order chi connectivity index (χ1) is 7.57. The van der Waals surface area contributed by atoms with Gasteiger partial charge in [0.15, 0.2) is 0 Å². The molecule has 0 fully saturated rings. The monoisotopic (exact) mass is 257 g/mol. The topological polar surface area (TPSA) is 84.5 Å². The summed E-state index contributed by atoms with van der Waals surface area (Å²) < 4.78 is 28.7. The number of fused-ring (bicyclic) bond motifs is 3. The standard InChI is InChI=1S/C9H11N3O2S2/c10-8-7-5-3-1-2-4-6(5)15-9(7)12-16(13,14)11-8/h12H,1-4H2,(H2,10,11). The van der Waals surface area contributed by atoms with Crippen LogP contribution >= 0.6 is 11.3 Å². The summed E-state index contributed by atoms with van der Waals surface area (Å²) in [5.41, 5.74) is 7.73. The molecule has 5 nitrogen and oxygen atoms in total. The quantitative estimate of drug-likeness (QED) is 0.727. The van der Waals surface area contributed by atoms with E-state index in [0.717, 1.165) is 31.2 Å². The van der Waals surface area contributed by atoms with Crippen molar-refractivity contribution in [2.75, 3.05) is 4.72 Å². The molecule has 86 valence electrons. The molecule has 7 heteroatoms. The third-order valence-electron chi connectivity index (χ3n) is 2.87. The second kappa shape index (κ2) is 3.21. The van der Waals surface area contributed by atoms with Gasteiger partial charge < -0.3 is 5.73 Å². The van der Waals surface area contributed by atoms with E-state index in [1.165, 1.54) is 21.8 Å². The zero-order valence-corrected chi connectivity index (χ0v) is 10.1. The number of aryl methyl sites for hydroxylation is 1. The summed E-state index contributed by atoms with van der Waals surface area (Å²) in [5.74, 6) is 0.133. The molecular formula is C9H11N3O2S2. The molecule has 16 heavy (non-hydrogen) atoms. The van der Waals surface area contributed by atoms with Crippen molar-refractivity contribution in [1.82, 2.24) is 0 Å². The summed E-state index contributed by atoms with van der Waals surface area (Å²) in [4.78, 5) is 1.25. The molecule has 2 aliphatic rings. The number of anilines is 1. The molecule has 1 aromatic rings. The van der Waals surface area contributed by atoms with Crippen molar-refractivity contribution in [1.29, 1.82) is 0 Å². The minimum absolute atomic E-state index is 0.133. The maximum absolute atomic E-state index is 11.4. The summed E-state index contributed by atoms with van der Waals surface area (Å²) in [5, 5.41) is 0.638. The minimum atomic E-state index is -3.62. The van der Waals surface area contributed by atoms with Crippen LogP contribution in [0.1, 0.15) is 28.8 Å². The Bertz CT molecular complexity index is 586. The smallest absolute Gasteiger partial charge is 0.344 e. The van der Waals surface area contributed by atoms with Crippen molar-refractivity contribution in [3.05, 3.63) is 16.0 Å². The average molecular weight is 257 g/mol. The fourth-order valence-electron chi connectivity index (χ4n) is 2.22. The van der Waals surface area contributed by atoms with Gasteiger partial charge in [0.25, 0.3) is 0 Å². The van der Waals surface area contributed by atoms with Gasteiger partial charge in [0.1, 0.15) is 10.8 Å². The maximum atomic E-state index is 11.4. The van der Waals surface area contributed by atoms with Crippen LogP contribution in [-0.4, -0.2) is 14.3 Å². The van der Waals surface area contributed by atoms with Crippen LogP contribution in [-0.2, 0) is 23.1 Å². The molecule has 0 spiro atoms. The van der Waals surface area contributed by atoms with Gasteiger partial charge in [-0.3, -0.25) is 4.72 Å². The first-order valence-electron chi connectivity index (χ1n) is 5.10. The molecule has 0 unspecified atom stereocenters. The van der Waals surface area contributed by atoms with E-state index < -0.39 is 10.2 Å². The fraction of sp³-hybridized carbons (Fsp3) is 0.444. The van der Waals surface area contributed by atoms with Crippen LogP contribution in [0.2, 0.25) is 0 Å². The van der Waals surface area contributed by atoms with Crippen LogP contribution in [0, 0.1) is 0 Å². The van der Waals surface area contributed by atoms with Crippen molar-refractivity contribution < 1.29 is 8.42 Å². The number of rotatable bonds is 0. The zero-order valence-electron chi connectivity index (χ0n) is 8.49. The van der Waals surface area contributed by atoms with Crippen molar-refractivity contribution in [2.45, 2.75) is 25.7 Å². The maximum Gasteiger partial charge on any atom is 0.344 e. The van der Waals surface area contributed by atoms with E-state index in [0.29, 0.717) is 5.00 Å². The van der Waals surface area contributed by atoms with Crippen LogP contribution < -0.4 is 10.5 Å². The van der Waals surface area contributed by atoms with Gasteiger partial charge in [-0.15, -0.1) is 15.7 Å². The van der Waals surface area contributed by atoms with Gasteiger partial charge in [-0.2, -0.15) is 8.42 Å².